The van der Waals surface area contributed by atoms with Gasteiger partial charge < -0.3 is 10.2 Å². The van der Waals surface area contributed by atoms with E-state index in [-0.39, 0.29) is 23.4 Å². The minimum absolute atomic E-state index is 0.0343. The van der Waals surface area contributed by atoms with Crippen LogP contribution < -0.4 is 10.6 Å². The van der Waals surface area contributed by atoms with Crippen LogP contribution in [0.4, 0.5) is 0 Å². The third-order valence-corrected chi connectivity index (χ3v) is 4.60. The molecule has 1 aromatic carbocycles. The molecule has 1 aliphatic heterocycles. The number of nitrogens with one attached hydrogen (secondary N) is 2. The number of likely N-dealkylation sites (tertiary alicyclic amines) is 1. The first-order chi connectivity index (χ1) is 11.3. The number of amides is 2. The third-order valence-electron chi connectivity index (χ3n) is 4.60. The Kier molecular flexibility index (Phi) is 5.99. The van der Waals surface area contributed by atoms with Gasteiger partial charge in [0, 0.05) is 31.6 Å². The van der Waals surface area contributed by atoms with Gasteiger partial charge in [-0.1, -0.05) is 29.8 Å². The number of nitrogens with zero attached hydrogens (tertiary/aromatic N) is 1. The maximum atomic E-state index is 12.5. The molecular formula is C19H29N3O2. The Morgan fingerprint density at radius 3 is 2.75 bits per heavy atom. The number of carbonyl (C=O) groups excluding carboxylic acids is 2. The molecule has 2 N–H and O–H groups in total. The lowest BCUT2D eigenvalue weighted by molar-refractivity contribution is -0.132. The molecule has 1 aliphatic rings. The van der Waals surface area contributed by atoms with Gasteiger partial charge in [-0.3, -0.25) is 14.9 Å². The average Bonchev–Trinajstić information content (AvgIpc) is 2.52. The van der Waals surface area contributed by atoms with E-state index >= 15 is 0 Å². The van der Waals surface area contributed by atoms with Crippen LogP contribution in [0.1, 0.15) is 44.7 Å². The van der Waals surface area contributed by atoms with Crippen LogP contribution in [0.5, 0.6) is 0 Å². The molecule has 5 heteroatoms. The van der Waals surface area contributed by atoms with Gasteiger partial charge in [-0.15, -0.1) is 0 Å². The van der Waals surface area contributed by atoms with Gasteiger partial charge in [0.2, 0.25) is 11.8 Å². The number of piperidine rings is 1. The highest BCUT2D eigenvalue weighted by Crippen LogP contribution is 2.21. The van der Waals surface area contributed by atoms with Crippen LogP contribution in [-0.4, -0.2) is 42.4 Å². The first kappa shape index (κ1) is 18.5. The smallest absolute Gasteiger partial charge is 0.236 e. The van der Waals surface area contributed by atoms with Gasteiger partial charge in [0.15, 0.2) is 0 Å². The second-order valence-electron chi connectivity index (χ2n) is 7.23. The second kappa shape index (κ2) is 7.79. The van der Waals surface area contributed by atoms with E-state index in [0.29, 0.717) is 13.1 Å². The summed E-state index contributed by atoms with van der Waals surface area (Å²) in [5, 5.41) is 6.29. The molecule has 2 amide bonds. The highest BCUT2D eigenvalue weighted by molar-refractivity contribution is 5.79. The van der Waals surface area contributed by atoms with Crippen molar-refractivity contribution in [3.63, 3.8) is 0 Å². The van der Waals surface area contributed by atoms with Crippen LogP contribution in [0.25, 0.3) is 0 Å². The van der Waals surface area contributed by atoms with Gasteiger partial charge in [0.05, 0.1) is 6.54 Å². The minimum Gasteiger partial charge on any atom is -0.352 e. The summed E-state index contributed by atoms with van der Waals surface area (Å²) in [4.78, 5) is 25.6. The molecule has 0 aliphatic carbocycles. The third kappa shape index (κ3) is 5.06. The quantitative estimate of drug-likeness (QED) is 0.867. The van der Waals surface area contributed by atoms with Crippen LogP contribution in [0, 0.1) is 6.92 Å². The molecule has 24 heavy (non-hydrogen) atoms. The summed E-state index contributed by atoms with van der Waals surface area (Å²) in [6, 6.07) is 8.41. The van der Waals surface area contributed by atoms with Crippen molar-refractivity contribution in [2.24, 2.45) is 0 Å². The van der Waals surface area contributed by atoms with Gasteiger partial charge in [-0.2, -0.15) is 0 Å². The number of carbonyl (C=O) groups is 2. The lowest BCUT2D eigenvalue weighted by Crippen LogP contribution is -2.52. The fourth-order valence-corrected chi connectivity index (χ4v) is 3.15. The van der Waals surface area contributed by atoms with E-state index < -0.39 is 0 Å². The summed E-state index contributed by atoms with van der Waals surface area (Å²) in [7, 11) is 0. The maximum Gasteiger partial charge on any atom is 0.236 e. The molecule has 1 atom stereocenters. The molecule has 0 radical (unpaired) electrons. The highest BCUT2D eigenvalue weighted by atomic mass is 16.2. The molecular weight excluding hydrogens is 302 g/mol. The molecule has 0 spiro atoms. The minimum atomic E-state index is -0.269. The number of benzene rings is 1. The van der Waals surface area contributed by atoms with E-state index in [1.807, 2.05) is 11.0 Å². The predicted molar refractivity (Wildman–Crippen MR) is 95.6 cm³/mol. The molecule has 5 nitrogen and oxygen atoms in total. The fraction of sp³-hybridized carbons (Fsp3) is 0.579. The van der Waals surface area contributed by atoms with Crippen molar-refractivity contribution < 1.29 is 9.59 Å². The second-order valence-corrected chi connectivity index (χ2v) is 7.23. The van der Waals surface area contributed by atoms with Crippen molar-refractivity contribution in [3.05, 3.63) is 35.4 Å². The van der Waals surface area contributed by atoms with Crippen LogP contribution >= 0.6 is 0 Å². The zero-order chi connectivity index (χ0) is 17.7. The molecule has 0 unspecified atom stereocenters. The van der Waals surface area contributed by atoms with E-state index in [1.54, 1.807) is 0 Å². The van der Waals surface area contributed by atoms with Crippen LogP contribution in [0.3, 0.4) is 0 Å². The molecule has 1 saturated heterocycles. The van der Waals surface area contributed by atoms with Gasteiger partial charge in [-0.05, 0) is 39.2 Å². The van der Waals surface area contributed by atoms with Crippen LogP contribution in [0.15, 0.2) is 24.3 Å². The van der Waals surface area contributed by atoms with Crippen LogP contribution in [0.2, 0.25) is 0 Å². The van der Waals surface area contributed by atoms with E-state index in [2.05, 4.69) is 49.6 Å². The lowest BCUT2D eigenvalue weighted by atomic mass is 9.93. The molecule has 1 heterocycles. The summed E-state index contributed by atoms with van der Waals surface area (Å²) >= 11 is 0. The Morgan fingerprint density at radius 1 is 1.33 bits per heavy atom. The topological polar surface area (TPSA) is 61.4 Å². The van der Waals surface area contributed by atoms with E-state index in [9.17, 15) is 9.59 Å². The summed E-state index contributed by atoms with van der Waals surface area (Å²) in [6.07, 6.45) is 1.86. The Morgan fingerprint density at radius 2 is 2.08 bits per heavy atom. The first-order valence-electron chi connectivity index (χ1n) is 8.65. The average molecular weight is 331 g/mol. The van der Waals surface area contributed by atoms with E-state index in [1.165, 1.54) is 18.1 Å². The van der Waals surface area contributed by atoms with Crippen molar-refractivity contribution in [2.45, 2.75) is 52.1 Å². The Balaban J connectivity index is 1.91. The first-order valence-corrected chi connectivity index (χ1v) is 8.65. The predicted octanol–water partition coefficient (Wildman–Crippen LogP) is 1.95. The van der Waals surface area contributed by atoms with Crippen molar-refractivity contribution in [1.29, 1.82) is 0 Å². The molecule has 0 bridgehead atoms. The molecule has 1 fully saturated rings. The van der Waals surface area contributed by atoms with Crippen molar-refractivity contribution >= 4 is 11.8 Å². The summed E-state index contributed by atoms with van der Waals surface area (Å²) in [6.45, 7) is 9.43. The van der Waals surface area contributed by atoms with Crippen molar-refractivity contribution in [1.82, 2.24) is 15.5 Å². The number of rotatable bonds is 5. The fourth-order valence-electron chi connectivity index (χ4n) is 3.15. The number of hydrogen-bond donors (Lipinski definition) is 2. The largest absolute Gasteiger partial charge is 0.352 e. The Hall–Kier alpha value is -1.88. The monoisotopic (exact) mass is 331 g/mol. The summed E-state index contributed by atoms with van der Waals surface area (Å²) in [5.41, 5.74) is 2.11. The highest BCUT2D eigenvalue weighted by Gasteiger charge is 2.26. The Labute approximate surface area is 144 Å². The molecule has 0 aromatic heterocycles. The SMILES string of the molecule is CC(=O)N[C@@H]1CCCN(C(=O)CNC(C)(C)c2cccc(C)c2)C1. The Bertz CT molecular complexity index is 598. The zero-order valence-corrected chi connectivity index (χ0v) is 15.2. The summed E-state index contributed by atoms with van der Waals surface area (Å²) in [5.74, 6) is 0.0544. The zero-order valence-electron chi connectivity index (χ0n) is 15.2. The van der Waals surface area contributed by atoms with E-state index in [0.717, 1.165) is 19.4 Å². The summed E-state index contributed by atoms with van der Waals surface area (Å²) < 4.78 is 0. The molecule has 1 aromatic rings. The lowest BCUT2D eigenvalue weighted by Gasteiger charge is -2.34. The maximum absolute atomic E-state index is 12.5. The number of aryl methyl sites for hydroxylation is 1. The van der Waals surface area contributed by atoms with Gasteiger partial charge in [-0.25, -0.2) is 0 Å². The van der Waals surface area contributed by atoms with E-state index in [4.69, 9.17) is 0 Å². The molecule has 132 valence electrons. The molecule has 2 rings (SSSR count). The standard InChI is InChI=1S/C19H29N3O2/c1-14-7-5-8-16(11-14)19(3,4)20-12-18(24)22-10-6-9-17(13-22)21-15(2)23/h5,7-8,11,17,20H,6,9-10,12-13H2,1-4H3,(H,21,23)/t17-/m1/s1. The molecule has 0 saturated carbocycles. The normalized spacial score (nSPS) is 18.3. The van der Waals surface area contributed by atoms with Gasteiger partial charge in [0.25, 0.3) is 0 Å². The van der Waals surface area contributed by atoms with Crippen molar-refractivity contribution in [3.8, 4) is 0 Å². The van der Waals surface area contributed by atoms with Crippen molar-refractivity contribution in [2.75, 3.05) is 19.6 Å². The van der Waals surface area contributed by atoms with Gasteiger partial charge in [0.1, 0.15) is 0 Å². The van der Waals surface area contributed by atoms with Gasteiger partial charge >= 0.3 is 0 Å². The number of hydrogen-bond acceptors (Lipinski definition) is 3. The van der Waals surface area contributed by atoms with Crippen LogP contribution in [-0.2, 0) is 15.1 Å².